The highest BCUT2D eigenvalue weighted by Gasteiger charge is 2.15. The molecule has 0 aliphatic rings. The fourth-order valence-electron chi connectivity index (χ4n) is 1.66. The third-order valence-electron chi connectivity index (χ3n) is 2.49. The van der Waals surface area contributed by atoms with Crippen LogP contribution in [0.3, 0.4) is 0 Å². The number of halogens is 3. The lowest BCUT2D eigenvalue weighted by Crippen LogP contribution is -2.19. The Bertz CT molecular complexity index is 630. The van der Waals surface area contributed by atoms with E-state index in [9.17, 15) is 4.79 Å². The van der Waals surface area contributed by atoms with Crippen LogP contribution in [-0.2, 0) is 0 Å². The number of anilines is 1. The van der Waals surface area contributed by atoms with Gasteiger partial charge in [0.1, 0.15) is 0 Å². The van der Waals surface area contributed by atoms with E-state index >= 15 is 0 Å². The highest BCUT2D eigenvalue weighted by atomic mass is 79.9. The average molecular weight is 449 g/mol. The Hall–Kier alpha value is -0.850. The van der Waals surface area contributed by atoms with E-state index in [1.54, 1.807) is 0 Å². The summed E-state index contributed by atoms with van der Waals surface area (Å²) in [5, 5.41) is 2.59. The van der Waals surface area contributed by atoms with E-state index in [4.69, 9.17) is 5.73 Å². The summed E-state index contributed by atoms with van der Waals surface area (Å²) in [7, 11) is 0. The van der Waals surface area contributed by atoms with Crippen LogP contribution < -0.4 is 11.1 Å². The molecule has 98 valence electrons. The third kappa shape index (κ3) is 3.19. The molecular weight excluding hydrogens is 440 g/mol. The quantitative estimate of drug-likeness (QED) is 0.615. The summed E-state index contributed by atoms with van der Waals surface area (Å²) >= 11 is 10.4. The van der Waals surface area contributed by atoms with E-state index in [0.717, 1.165) is 24.5 Å². The van der Waals surface area contributed by atoms with Gasteiger partial charge in [-0.3, -0.25) is 0 Å². The van der Waals surface area contributed by atoms with Crippen molar-refractivity contribution in [3.8, 4) is 11.1 Å². The molecule has 2 rings (SSSR count). The van der Waals surface area contributed by atoms with Gasteiger partial charge >= 0.3 is 6.03 Å². The van der Waals surface area contributed by atoms with Gasteiger partial charge in [-0.2, -0.15) is 0 Å². The largest absolute Gasteiger partial charge is 0.351 e. The molecule has 0 bridgehead atoms. The SMILES string of the molecule is NC(=O)Nc1cc(-c2ccccc2)c(Br)c(Br)c1Br. The van der Waals surface area contributed by atoms with E-state index in [-0.39, 0.29) is 0 Å². The highest BCUT2D eigenvalue weighted by molar-refractivity contribution is 9.14. The Morgan fingerprint density at radius 1 is 1.00 bits per heavy atom. The van der Waals surface area contributed by atoms with Crippen molar-refractivity contribution >= 4 is 59.5 Å². The Kier molecular flexibility index (Phi) is 4.65. The molecule has 0 saturated carbocycles. The van der Waals surface area contributed by atoms with Gasteiger partial charge in [0.2, 0.25) is 0 Å². The fraction of sp³-hybridized carbons (Fsp3) is 0. The fourth-order valence-corrected chi connectivity index (χ4v) is 3.30. The topological polar surface area (TPSA) is 55.1 Å². The van der Waals surface area contributed by atoms with Gasteiger partial charge in [0.15, 0.2) is 0 Å². The van der Waals surface area contributed by atoms with Crippen LogP contribution in [0.25, 0.3) is 11.1 Å². The minimum absolute atomic E-state index is 0.603. The predicted octanol–water partition coefficient (Wildman–Crippen LogP) is 5.13. The van der Waals surface area contributed by atoms with Crippen molar-refractivity contribution in [1.29, 1.82) is 0 Å². The monoisotopic (exact) mass is 446 g/mol. The molecule has 0 heterocycles. The summed E-state index contributed by atoms with van der Waals surface area (Å²) in [6.07, 6.45) is 0. The zero-order valence-electron chi connectivity index (χ0n) is 9.58. The first kappa shape index (κ1) is 14.6. The number of nitrogens with two attached hydrogens (primary N) is 1. The molecule has 0 spiro atoms. The van der Waals surface area contributed by atoms with Crippen molar-refractivity contribution in [3.05, 3.63) is 49.8 Å². The van der Waals surface area contributed by atoms with E-state index < -0.39 is 6.03 Å². The summed E-state index contributed by atoms with van der Waals surface area (Å²) in [5.74, 6) is 0. The summed E-state index contributed by atoms with van der Waals surface area (Å²) < 4.78 is 2.45. The number of carbonyl (C=O) groups excluding carboxylic acids is 1. The van der Waals surface area contributed by atoms with Gasteiger partial charge in [-0.15, -0.1) is 0 Å². The molecule has 0 atom stereocenters. The molecule has 3 nitrogen and oxygen atoms in total. The second kappa shape index (κ2) is 6.07. The molecule has 0 radical (unpaired) electrons. The number of benzene rings is 2. The Morgan fingerprint density at radius 2 is 1.63 bits per heavy atom. The molecule has 2 amide bonds. The molecule has 0 aliphatic carbocycles. The highest BCUT2D eigenvalue weighted by Crippen LogP contribution is 2.43. The first-order valence-electron chi connectivity index (χ1n) is 5.30. The number of amides is 2. The van der Waals surface area contributed by atoms with Crippen molar-refractivity contribution in [3.63, 3.8) is 0 Å². The maximum Gasteiger partial charge on any atom is 0.316 e. The van der Waals surface area contributed by atoms with Crippen LogP contribution in [0.1, 0.15) is 0 Å². The average Bonchev–Trinajstić information content (AvgIpc) is 2.40. The van der Waals surface area contributed by atoms with Gasteiger partial charge in [-0.25, -0.2) is 4.79 Å². The Labute approximate surface area is 136 Å². The molecule has 2 aromatic rings. The van der Waals surface area contributed by atoms with Gasteiger partial charge < -0.3 is 11.1 Å². The van der Waals surface area contributed by atoms with E-state index in [1.165, 1.54) is 0 Å². The van der Waals surface area contributed by atoms with Gasteiger partial charge in [-0.1, -0.05) is 30.3 Å². The van der Waals surface area contributed by atoms with Crippen molar-refractivity contribution in [2.75, 3.05) is 5.32 Å². The molecule has 0 fully saturated rings. The first-order valence-corrected chi connectivity index (χ1v) is 7.68. The molecular formula is C13H9Br3N2O. The predicted molar refractivity (Wildman–Crippen MR) is 88.2 cm³/mol. The minimum atomic E-state index is -0.603. The van der Waals surface area contributed by atoms with Crippen molar-refractivity contribution in [2.45, 2.75) is 0 Å². The van der Waals surface area contributed by atoms with Gasteiger partial charge in [0.05, 0.1) is 10.2 Å². The van der Waals surface area contributed by atoms with Crippen LogP contribution in [0.2, 0.25) is 0 Å². The zero-order valence-corrected chi connectivity index (χ0v) is 14.3. The van der Waals surface area contributed by atoms with Crippen LogP contribution >= 0.6 is 47.8 Å². The maximum absolute atomic E-state index is 11.0. The number of nitrogens with one attached hydrogen (secondary N) is 1. The Balaban J connectivity index is 2.62. The smallest absolute Gasteiger partial charge is 0.316 e. The Morgan fingerprint density at radius 3 is 2.21 bits per heavy atom. The van der Waals surface area contributed by atoms with Gasteiger partial charge in [0.25, 0.3) is 0 Å². The maximum atomic E-state index is 11.0. The van der Waals surface area contributed by atoms with Crippen LogP contribution in [0.5, 0.6) is 0 Å². The lowest BCUT2D eigenvalue weighted by atomic mass is 10.1. The second-order valence-electron chi connectivity index (χ2n) is 3.77. The van der Waals surface area contributed by atoms with E-state index in [0.29, 0.717) is 5.69 Å². The molecule has 2 aromatic carbocycles. The molecule has 0 saturated heterocycles. The number of carbonyl (C=O) groups is 1. The van der Waals surface area contributed by atoms with Crippen LogP contribution in [-0.4, -0.2) is 6.03 Å². The van der Waals surface area contributed by atoms with E-state index in [2.05, 4.69) is 53.1 Å². The molecule has 0 unspecified atom stereocenters. The molecule has 0 aliphatic heterocycles. The zero-order chi connectivity index (χ0) is 14.0. The first-order chi connectivity index (χ1) is 9.00. The lowest BCUT2D eigenvalue weighted by molar-refractivity contribution is 0.259. The van der Waals surface area contributed by atoms with Crippen molar-refractivity contribution < 1.29 is 4.79 Å². The molecule has 6 heteroatoms. The number of primary amides is 1. The number of urea groups is 1. The second-order valence-corrected chi connectivity index (χ2v) is 6.15. The lowest BCUT2D eigenvalue weighted by Gasteiger charge is -2.13. The summed E-state index contributed by atoms with van der Waals surface area (Å²) in [6, 6.07) is 11.1. The van der Waals surface area contributed by atoms with Crippen molar-refractivity contribution in [2.24, 2.45) is 5.73 Å². The normalized spacial score (nSPS) is 10.3. The number of rotatable bonds is 2. The summed E-state index contributed by atoms with van der Waals surface area (Å²) in [6.45, 7) is 0. The molecule has 0 aromatic heterocycles. The van der Waals surface area contributed by atoms with Gasteiger partial charge in [0, 0.05) is 8.95 Å². The number of hydrogen-bond acceptors (Lipinski definition) is 1. The van der Waals surface area contributed by atoms with Crippen LogP contribution in [0.4, 0.5) is 10.5 Å². The summed E-state index contributed by atoms with van der Waals surface area (Å²) in [4.78, 5) is 11.0. The minimum Gasteiger partial charge on any atom is -0.351 e. The summed E-state index contributed by atoms with van der Waals surface area (Å²) in [5.41, 5.74) is 7.78. The number of hydrogen-bond donors (Lipinski definition) is 2. The third-order valence-corrected chi connectivity index (χ3v) is 5.99. The van der Waals surface area contributed by atoms with Crippen LogP contribution in [0, 0.1) is 0 Å². The van der Waals surface area contributed by atoms with Gasteiger partial charge in [-0.05, 0) is 65.0 Å². The standard InChI is InChI=1S/C13H9Br3N2O/c14-10-8(7-4-2-1-3-5-7)6-9(18-13(17)19)11(15)12(10)16/h1-6H,(H3,17,18,19). The van der Waals surface area contributed by atoms with Crippen molar-refractivity contribution in [1.82, 2.24) is 0 Å². The van der Waals surface area contributed by atoms with Crippen LogP contribution in [0.15, 0.2) is 49.8 Å². The van der Waals surface area contributed by atoms with E-state index in [1.807, 2.05) is 36.4 Å². The molecule has 19 heavy (non-hydrogen) atoms. The molecule has 3 N–H and O–H groups in total.